The molecule has 2 rings (SSSR count). The van der Waals surface area contributed by atoms with Crippen molar-refractivity contribution in [1.82, 2.24) is 0 Å². The van der Waals surface area contributed by atoms with E-state index >= 15 is 0 Å². The predicted octanol–water partition coefficient (Wildman–Crippen LogP) is 2.39. The lowest BCUT2D eigenvalue weighted by Gasteiger charge is -2.21. The van der Waals surface area contributed by atoms with Crippen LogP contribution in [0.1, 0.15) is 37.7 Å². The Labute approximate surface area is 113 Å². The second kappa shape index (κ2) is 5.85. The summed E-state index contributed by atoms with van der Waals surface area (Å²) in [7, 11) is 0. The van der Waals surface area contributed by atoms with Crippen LogP contribution in [0.5, 0.6) is 0 Å². The Balaban J connectivity index is 1.90. The number of nitriles is 1. The van der Waals surface area contributed by atoms with E-state index < -0.39 is 5.60 Å². The first kappa shape index (κ1) is 13.6. The summed E-state index contributed by atoms with van der Waals surface area (Å²) in [6, 6.07) is 9.28. The van der Waals surface area contributed by atoms with Crippen LogP contribution in [0.15, 0.2) is 24.3 Å². The van der Waals surface area contributed by atoms with Crippen LogP contribution in [0.25, 0.3) is 0 Å². The molecule has 4 nitrogen and oxygen atoms in total. The molecule has 0 unspecified atom stereocenters. The van der Waals surface area contributed by atoms with Crippen LogP contribution < -0.4 is 5.32 Å². The number of aliphatic hydroxyl groups is 1. The summed E-state index contributed by atoms with van der Waals surface area (Å²) < 4.78 is 0. The molecule has 0 saturated heterocycles. The smallest absolute Gasteiger partial charge is 0.227 e. The Hall–Kier alpha value is -1.86. The van der Waals surface area contributed by atoms with Gasteiger partial charge in [0.05, 0.1) is 24.5 Å². The molecule has 0 atom stereocenters. The molecule has 1 aliphatic carbocycles. The fourth-order valence-electron chi connectivity index (χ4n) is 2.51. The van der Waals surface area contributed by atoms with Crippen molar-refractivity contribution in [3.63, 3.8) is 0 Å². The highest BCUT2D eigenvalue weighted by atomic mass is 16.3. The molecular formula is C15H18N2O2. The van der Waals surface area contributed by atoms with Gasteiger partial charge in [-0.25, -0.2) is 0 Å². The quantitative estimate of drug-likeness (QED) is 0.870. The van der Waals surface area contributed by atoms with E-state index in [0.29, 0.717) is 24.9 Å². The van der Waals surface area contributed by atoms with Crippen molar-refractivity contribution in [2.75, 3.05) is 5.32 Å². The van der Waals surface area contributed by atoms with E-state index in [1.54, 1.807) is 12.1 Å². The monoisotopic (exact) mass is 258 g/mol. The minimum absolute atomic E-state index is 0.155. The van der Waals surface area contributed by atoms with Gasteiger partial charge in [-0.3, -0.25) is 4.79 Å². The number of nitrogens with zero attached hydrogens (tertiary/aromatic N) is 1. The van der Waals surface area contributed by atoms with Crippen molar-refractivity contribution in [2.24, 2.45) is 0 Å². The highest BCUT2D eigenvalue weighted by Crippen LogP contribution is 2.32. The van der Waals surface area contributed by atoms with Gasteiger partial charge in [-0.2, -0.15) is 5.26 Å². The molecule has 1 aliphatic rings. The fraction of sp³-hybridized carbons (Fsp3) is 0.467. The van der Waals surface area contributed by atoms with Crippen LogP contribution in [-0.2, 0) is 11.2 Å². The highest BCUT2D eigenvalue weighted by molar-refractivity contribution is 5.91. The number of carbonyl (C=O) groups excluding carboxylic acids is 1. The summed E-state index contributed by atoms with van der Waals surface area (Å²) in [5, 5.41) is 21.5. The van der Waals surface area contributed by atoms with Crippen LogP contribution in [0.2, 0.25) is 0 Å². The first-order valence-electron chi connectivity index (χ1n) is 6.59. The van der Waals surface area contributed by atoms with E-state index in [4.69, 9.17) is 5.26 Å². The van der Waals surface area contributed by atoms with Gasteiger partial charge in [0.15, 0.2) is 0 Å². The van der Waals surface area contributed by atoms with Crippen molar-refractivity contribution < 1.29 is 9.90 Å². The zero-order chi connectivity index (χ0) is 13.7. The lowest BCUT2D eigenvalue weighted by atomic mass is 9.97. The highest BCUT2D eigenvalue weighted by Gasteiger charge is 2.33. The maximum atomic E-state index is 11.9. The van der Waals surface area contributed by atoms with Crippen molar-refractivity contribution in [2.45, 2.75) is 44.1 Å². The molecule has 1 fully saturated rings. The maximum Gasteiger partial charge on any atom is 0.227 e. The van der Waals surface area contributed by atoms with Crippen molar-refractivity contribution in [1.29, 1.82) is 5.26 Å². The number of hydrogen-bond donors (Lipinski definition) is 2. The van der Waals surface area contributed by atoms with Crippen LogP contribution in [0.3, 0.4) is 0 Å². The zero-order valence-electron chi connectivity index (χ0n) is 10.9. The lowest BCUT2D eigenvalue weighted by molar-refractivity contribution is -0.120. The average Bonchev–Trinajstić information content (AvgIpc) is 2.78. The van der Waals surface area contributed by atoms with E-state index in [9.17, 15) is 9.90 Å². The number of rotatable bonds is 4. The summed E-state index contributed by atoms with van der Waals surface area (Å²) in [5.74, 6) is -0.155. The summed E-state index contributed by atoms with van der Waals surface area (Å²) in [6.45, 7) is 0. The number of nitrogens with one attached hydrogen (secondary N) is 1. The molecule has 19 heavy (non-hydrogen) atoms. The molecule has 1 saturated carbocycles. The van der Waals surface area contributed by atoms with Gasteiger partial charge in [0.25, 0.3) is 0 Å². The Morgan fingerprint density at radius 3 is 2.53 bits per heavy atom. The molecule has 0 heterocycles. The Bertz CT molecular complexity index is 482. The molecule has 0 aromatic heterocycles. The van der Waals surface area contributed by atoms with Gasteiger partial charge in [-0.1, -0.05) is 25.0 Å². The molecular weight excluding hydrogens is 240 g/mol. The molecule has 1 aromatic carbocycles. The molecule has 1 amide bonds. The maximum absolute atomic E-state index is 11.9. The summed E-state index contributed by atoms with van der Waals surface area (Å²) in [5.41, 5.74) is 0.813. The third-order valence-corrected chi connectivity index (χ3v) is 3.54. The van der Waals surface area contributed by atoms with Gasteiger partial charge in [0.1, 0.15) is 0 Å². The molecule has 0 bridgehead atoms. The standard InChI is InChI=1S/C15H18N2O2/c16-10-7-12-3-5-13(6-4-12)17-14(18)11-15(19)8-1-2-9-15/h3-6,19H,1-2,7-9,11H2,(H,17,18). The molecule has 4 heteroatoms. The normalized spacial score (nSPS) is 16.8. The molecule has 0 spiro atoms. The number of amides is 1. The van der Waals surface area contributed by atoms with Gasteiger partial charge >= 0.3 is 0 Å². The predicted molar refractivity (Wildman–Crippen MR) is 72.4 cm³/mol. The van der Waals surface area contributed by atoms with E-state index in [-0.39, 0.29) is 12.3 Å². The first-order chi connectivity index (χ1) is 9.11. The van der Waals surface area contributed by atoms with Gasteiger partial charge in [0, 0.05) is 5.69 Å². The number of benzene rings is 1. The number of carbonyl (C=O) groups is 1. The van der Waals surface area contributed by atoms with Crippen LogP contribution >= 0.6 is 0 Å². The second-order valence-corrected chi connectivity index (χ2v) is 5.19. The molecule has 100 valence electrons. The minimum Gasteiger partial charge on any atom is -0.389 e. The van der Waals surface area contributed by atoms with Crippen molar-refractivity contribution in [3.05, 3.63) is 29.8 Å². The number of anilines is 1. The van der Waals surface area contributed by atoms with Gasteiger partial charge in [-0.15, -0.1) is 0 Å². The topological polar surface area (TPSA) is 73.1 Å². The molecule has 1 aromatic rings. The third kappa shape index (κ3) is 3.80. The molecule has 0 aliphatic heterocycles. The number of hydrogen-bond acceptors (Lipinski definition) is 3. The van der Waals surface area contributed by atoms with Crippen molar-refractivity contribution >= 4 is 11.6 Å². The lowest BCUT2D eigenvalue weighted by Crippen LogP contribution is -2.30. The third-order valence-electron chi connectivity index (χ3n) is 3.54. The van der Waals surface area contributed by atoms with Crippen LogP contribution in [0, 0.1) is 11.3 Å². The Morgan fingerprint density at radius 1 is 1.32 bits per heavy atom. The SMILES string of the molecule is N#CCc1ccc(NC(=O)CC2(O)CCCC2)cc1. The first-order valence-corrected chi connectivity index (χ1v) is 6.59. The van der Waals surface area contributed by atoms with Crippen LogP contribution in [0.4, 0.5) is 5.69 Å². The van der Waals surface area contributed by atoms with Crippen LogP contribution in [-0.4, -0.2) is 16.6 Å². The molecule has 2 N–H and O–H groups in total. The Kier molecular flexibility index (Phi) is 4.18. The van der Waals surface area contributed by atoms with Crippen molar-refractivity contribution in [3.8, 4) is 6.07 Å². The summed E-state index contributed by atoms with van der Waals surface area (Å²) >= 11 is 0. The Morgan fingerprint density at radius 2 is 1.95 bits per heavy atom. The summed E-state index contributed by atoms with van der Waals surface area (Å²) in [6.07, 6.45) is 3.93. The average molecular weight is 258 g/mol. The second-order valence-electron chi connectivity index (χ2n) is 5.19. The zero-order valence-corrected chi connectivity index (χ0v) is 10.9. The van der Waals surface area contributed by atoms with Gasteiger partial charge < -0.3 is 10.4 Å². The molecule has 0 radical (unpaired) electrons. The fourth-order valence-corrected chi connectivity index (χ4v) is 2.51. The van der Waals surface area contributed by atoms with E-state index in [2.05, 4.69) is 11.4 Å². The van der Waals surface area contributed by atoms with E-state index in [1.807, 2.05) is 12.1 Å². The van der Waals surface area contributed by atoms with E-state index in [0.717, 1.165) is 18.4 Å². The van der Waals surface area contributed by atoms with E-state index in [1.165, 1.54) is 0 Å². The van der Waals surface area contributed by atoms with Gasteiger partial charge in [0.2, 0.25) is 5.91 Å². The van der Waals surface area contributed by atoms with Gasteiger partial charge in [-0.05, 0) is 30.5 Å². The minimum atomic E-state index is -0.815. The largest absolute Gasteiger partial charge is 0.389 e. The summed E-state index contributed by atoms with van der Waals surface area (Å²) in [4.78, 5) is 11.9.